The number of rotatable bonds is 6. The zero-order valence-corrected chi connectivity index (χ0v) is 14.2. The van der Waals surface area contributed by atoms with E-state index in [-0.39, 0.29) is 5.78 Å². The van der Waals surface area contributed by atoms with Crippen LogP contribution in [0.4, 0.5) is 0 Å². The van der Waals surface area contributed by atoms with Gasteiger partial charge in [-0.05, 0) is 56.9 Å². The topological polar surface area (TPSA) is 26.3 Å². The van der Waals surface area contributed by atoms with Crippen molar-refractivity contribution in [2.75, 3.05) is 12.4 Å². The number of carbonyl (C=O) groups excluding carboxylic acids is 1. The first kappa shape index (κ1) is 16.4. The van der Waals surface area contributed by atoms with Crippen molar-refractivity contribution >= 4 is 17.5 Å². The van der Waals surface area contributed by atoms with E-state index >= 15 is 0 Å². The molecule has 0 aliphatic heterocycles. The molecule has 1 fully saturated rings. The van der Waals surface area contributed by atoms with Gasteiger partial charge in [-0.3, -0.25) is 4.79 Å². The smallest absolute Gasteiger partial charge is 0.176 e. The molecule has 1 aromatic carbocycles. The van der Waals surface area contributed by atoms with Gasteiger partial charge in [0.05, 0.1) is 17.9 Å². The van der Waals surface area contributed by atoms with Crippen molar-refractivity contribution < 1.29 is 9.53 Å². The van der Waals surface area contributed by atoms with Crippen LogP contribution in [0.2, 0.25) is 0 Å². The number of Topliss-reactive ketones (excluding diaryl/α,β-unsaturated/α-hetero) is 1. The number of carbonyl (C=O) groups is 1. The van der Waals surface area contributed by atoms with Gasteiger partial charge < -0.3 is 4.74 Å². The van der Waals surface area contributed by atoms with Gasteiger partial charge in [0, 0.05) is 5.25 Å². The van der Waals surface area contributed by atoms with Crippen LogP contribution in [0.5, 0.6) is 5.75 Å². The summed E-state index contributed by atoms with van der Waals surface area (Å²) in [4.78, 5) is 12.5. The zero-order valence-electron chi connectivity index (χ0n) is 13.4. The van der Waals surface area contributed by atoms with E-state index in [9.17, 15) is 4.79 Å². The molecular weight excluding hydrogens is 280 g/mol. The van der Waals surface area contributed by atoms with Gasteiger partial charge in [-0.1, -0.05) is 19.3 Å². The minimum Gasteiger partial charge on any atom is -0.493 e. The summed E-state index contributed by atoms with van der Waals surface area (Å²) in [5.41, 5.74) is 3.09. The third-order valence-electron chi connectivity index (χ3n) is 4.20. The van der Waals surface area contributed by atoms with Gasteiger partial charge in [-0.25, -0.2) is 0 Å². The van der Waals surface area contributed by atoms with E-state index in [1.54, 1.807) is 0 Å². The van der Waals surface area contributed by atoms with Crippen LogP contribution in [-0.2, 0) is 0 Å². The molecule has 0 N–H and O–H groups in total. The average molecular weight is 306 g/mol. The Morgan fingerprint density at radius 3 is 2.52 bits per heavy atom. The first-order valence-electron chi connectivity index (χ1n) is 8.00. The van der Waals surface area contributed by atoms with E-state index in [0.717, 1.165) is 16.9 Å². The Morgan fingerprint density at radius 2 is 1.86 bits per heavy atom. The van der Waals surface area contributed by atoms with Crippen LogP contribution in [0.3, 0.4) is 0 Å². The van der Waals surface area contributed by atoms with Crippen LogP contribution in [0.1, 0.15) is 60.5 Å². The lowest BCUT2D eigenvalue weighted by molar-refractivity contribution is 0.101. The van der Waals surface area contributed by atoms with Crippen molar-refractivity contribution in [3.8, 4) is 5.75 Å². The number of hydrogen-bond donors (Lipinski definition) is 0. The number of ketones is 1. The minimum atomic E-state index is 0.206. The summed E-state index contributed by atoms with van der Waals surface area (Å²) in [7, 11) is 0. The van der Waals surface area contributed by atoms with E-state index < -0.39 is 0 Å². The third kappa shape index (κ3) is 4.50. The molecule has 0 aromatic heterocycles. The van der Waals surface area contributed by atoms with Gasteiger partial charge in [0.2, 0.25) is 0 Å². The van der Waals surface area contributed by atoms with Gasteiger partial charge in [-0.15, -0.1) is 0 Å². The summed E-state index contributed by atoms with van der Waals surface area (Å²) >= 11 is 1.83. The van der Waals surface area contributed by atoms with Crippen LogP contribution >= 0.6 is 11.8 Å². The van der Waals surface area contributed by atoms with Crippen molar-refractivity contribution in [1.29, 1.82) is 0 Å². The normalized spacial score (nSPS) is 16.0. The van der Waals surface area contributed by atoms with Crippen LogP contribution in [0.15, 0.2) is 12.1 Å². The fourth-order valence-corrected chi connectivity index (χ4v) is 3.99. The van der Waals surface area contributed by atoms with Crippen molar-refractivity contribution in [3.63, 3.8) is 0 Å². The Bertz CT molecular complexity index is 490. The number of benzene rings is 1. The Hall–Kier alpha value is -0.960. The van der Waals surface area contributed by atoms with E-state index in [2.05, 4.69) is 13.8 Å². The molecule has 1 aliphatic rings. The number of hydrogen-bond acceptors (Lipinski definition) is 3. The van der Waals surface area contributed by atoms with Crippen molar-refractivity contribution in [2.24, 2.45) is 0 Å². The lowest BCUT2D eigenvalue weighted by Gasteiger charge is -2.21. The van der Waals surface area contributed by atoms with Gasteiger partial charge in [0.25, 0.3) is 0 Å². The number of ether oxygens (including phenoxy) is 1. The van der Waals surface area contributed by atoms with E-state index in [4.69, 9.17) is 4.74 Å². The van der Waals surface area contributed by atoms with Crippen LogP contribution in [0, 0.1) is 13.8 Å². The molecule has 2 rings (SSSR count). The summed E-state index contributed by atoms with van der Waals surface area (Å²) < 4.78 is 5.66. The Labute approximate surface area is 132 Å². The summed E-state index contributed by atoms with van der Waals surface area (Å²) in [6.07, 6.45) is 6.53. The molecule has 0 heterocycles. The molecule has 21 heavy (non-hydrogen) atoms. The van der Waals surface area contributed by atoms with E-state index in [0.29, 0.717) is 17.6 Å². The van der Waals surface area contributed by atoms with Crippen molar-refractivity contribution in [1.82, 2.24) is 0 Å². The first-order valence-corrected chi connectivity index (χ1v) is 9.05. The average Bonchev–Trinajstić information content (AvgIpc) is 2.49. The van der Waals surface area contributed by atoms with Crippen molar-refractivity contribution in [3.05, 3.63) is 28.8 Å². The summed E-state index contributed by atoms with van der Waals surface area (Å²) in [5, 5.41) is 0.671. The number of thioether (sulfide) groups is 1. The largest absolute Gasteiger partial charge is 0.493 e. The molecule has 0 bridgehead atoms. The Balaban J connectivity index is 2.04. The molecule has 0 atom stereocenters. The van der Waals surface area contributed by atoms with Crippen molar-refractivity contribution in [2.45, 2.75) is 58.1 Å². The second-order valence-corrected chi connectivity index (χ2v) is 7.15. The lowest BCUT2D eigenvalue weighted by atomic mass is 10.0. The second kappa shape index (κ2) is 7.88. The SMILES string of the molecule is CCOc1cc(C)c(C)cc1C(=O)CSC1CCCCC1. The summed E-state index contributed by atoms with van der Waals surface area (Å²) in [5.74, 6) is 1.53. The molecule has 0 amide bonds. The monoisotopic (exact) mass is 306 g/mol. The maximum absolute atomic E-state index is 12.5. The summed E-state index contributed by atoms with van der Waals surface area (Å²) in [6, 6.07) is 3.99. The van der Waals surface area contributed by atoms with Gasteiger partial charge >= 0.3 is 0 Å². The highest BCUT2D eigenvalue weighted by Crippen LogP contribution is 2.30. The third-order valence-corrected chi connectivity index (χ3v) is 5.57. The van der Waals surface area contributed by atoms with Crippen LogP contribution < -0.4 is 4.74 Å². The Morgan fingerprint density at radius 1 is 1.19 bits per heavy atom. The molecule has 0 radical (unpaired) electrons. The highest BCUT2D eigenvalue weighted by atomic mass is 32.2. The van der Waals surface area contributed by atoms with Gasteiger partial charge in [-0.2, -0.15) is 11.8 Å². The molecular formula is C18H26O2S. The van der Waals surface area contributed by atoms with Gasteiger partial charge in [0.15, 0.2) is 5.78 Å². The molecule has 0 spiro atoms. The maximum Gasteiger partial charge on any atom is 0.176 e. The fraction of sp³-hybridized carbons (Fsp3) is 0.611. The molecule has 1 aromatic rings. The molecule has 1 aliphatic carbocycles. The highest BCUT2D eigenvalue weighted by Gasteiger charge is 2.18. The predicted octanol–water partition coefficient (Wildman–Crippen LogP) is 4.95. The van der Waals surface area contributed by atoms with E-state index in [1.807, 2.05) is 30.8 Å². The molecule has 0 unspecified atom stereocenters. The molecule has 2 nitrogen and oxygen atoms in total. The lowest BCUT2D eigenvalue weighted by Crippen LogP contribution is -2.13. The molecule has 0 saturated heterocycles. The predicted molar refractivity (Wildman–Crippen MR) is 90.7 cm³/mol. The van der Waals surface area contributed by atoms with Crippen LogP contribution in [0.25, 0.3) is 0 Å². The Kier molecular flexibility index (Phi) is 6.16. The quantitative estimate of drug-likeness (QED) is 0.696. The number of aryl methyl sites for hydroxylation is 2. The fourth-order valence-electron chi connectivity index (χ4n) is 2.79. The molecule has 1 saturated carbocycles. The molecule has 3 heteroatoms. The second-order valence-electron chi connectivity index (χ2n) is 5.86. The van der Waals surface area contributed by atoms with Gasteiger partial charge in [0.1, 0.15) is 5.75 Å². The highest BCUT2D eigenvalue weighted by molar-refractivity contribution is 8.00. The first-order chi connectivity index (χ1) is 10.1. The zero-order chi connectivity index (χ0) is 15.2. The standard InChI is InChI=1S/C18H26O2S/c1-4-20-18-11-14(3)13(2)10-16(18)17(19)12-21-15-8-6-5-7-9-15/h10-11,15H,4-9,12H2,1-3H3. The van der Waals surface area contributed by atoms with Crippen LogP contribution in [-0.4, -0.2) is 23.4 Å². The van der Waals surface area contributed by atoms with E-state index in [1.165, 1.54) is 37.7 Å². The molecule has 116 valence electrons. The minimum absolute atomic E-state index is 0.206. The summed E-state index contributed by atoms with van der Waals surface area (Å²) in [6.45, 7) is 6.66. The maximum atomic E-state index is 12.5.